The van der Waals surface area contributed by atoms with Gasteiger partial charge in [0.2, 0.25) is 0 Å². The van der Waals surface area contributed by atoms with Crippen molar-refractivity contribution in [2.45, 2.75) is 25.3 Å². The average molecular weight is 335 g/mol. The number of carboxylic acids is 2. The van der Waals surface area contributed by atoms with Crippen LogP contribution in [0.15, 0.2) is 12.1 Å². The molecule has 4 N–H and O–H groups in total. The van der Waals surface area contributed by atoms with Crippen LogP contribution in [0.3, 0.4) is 0 Å². The lowest BCUT2D eigenvalue weighted by Gasteiger charge is -2.14. The van der Waals surface area contributed by atoms with E-state index in [1.165, 1.54) is 11.3 Å². The van der Waals surface area contributed by atoms with E-state index in [-0.39, 0.29) is 12.8 Å². The Bertz CT molecular complexity index is 520. The second-order valence-corrected chi connectivity index (χ2v) is 5.98. The van der Waals surface area contributed by atoms with Crippen molar-refractivity contribution in [3.05, 3.63) is 21.3 Å². The van der Waals surface area contributed by atoms with E-state index in [1.54, 1.807) is 6.07 Å². The molecule has 1 atom stereocenters. The topological polar surface area (TPSA) is 116 Å². The lowest BCUT2D eigenvalue weighted by Crippen LogP contribution is -2.46. The van der Waals surface area contributed by atoms with Crippen molar-refractivity contribution in [1.82, 2.24) is 10.6 Å². The number of hydrogen-bond donors (Lipinski definition) is 4. The Morgan fingerprint density at radius 3 is 2.52 bits per heavy atom. The molecule has 1 rings (SSSR count). The first-order chi connectivity index (χ1) is 9.88. The molecular formula is C12H15ClN2O5S. The summed E-state index contributed by atoms with van der Waals surface area (Å²) < 4.78 is 0.661. The van der Waals surface area contributed by atoms with Gasteiger partial charge in [0.1, 0.15) is 6.04 Å². The van der Waals surface area contributed by atoms with Gasteiger partial charge in [-0.05, 0) is 25.0 Å². The summed E-state index contributed by atoms with van der Waals surface area (Å²) in [5.74, 6) is -2.38. The molecule has 0 aliphatic heterocycles. The minimum absolute atomic E-state index is 0.168. The zero-order valence-corrected chi connectivity index (χ0v) is 12.5. The lowest BCUT2D eigenvalue weighted by molar-refractivity contribution is -0.140. The van der Waals surface area contributed by atoms with E-state index in [9.17, 15) is 14.4 Å². The van der Waals surface area contributed by atoms with E-state index in [0.29, 0.717) is 17.3 Å². The van der Waals surface area contributed by atoms with Crippen LogP contribution >= 0.6 is 22.9 Å². The monoisotopic (exact) mass is 334 g/mol. The smallest absolute Gasteiger partial charge is 0.326 e. The molecule has 0 spiro atoms. The molecule has 1 unspecified atom stereocenters. The first kappa shape index (κ1) is 17.3. The molecule has 1 aromatic rings. The molecule has 2 amide bonds. The van der Waals surface area contributed by atoms with Crippen LogP contribution in [0.25, 0.3) is 0 Å². The predicted molar refractivity (Wildman–Crippen MR) is 77.9 cm³/mol. The van der Waals surface area contributed by atoms with E-state index >= 15 is 0 Å². The fraction of sp³-hybridized carbons (Fsp3) is 0.417. The minimum atomic E-state index is -1.27. The van der Waals surface area contributed by atoms with Gasteiger partial charge in [-0.25, -0.2) is 9.59 Å². The number of rotatable bonds is 8. The highest BCUT2D eigenvalue weighted by molar-refractivity contribution is 7.16. The van der Waals surface area contributed by atoms with Crippen LogP contribution in [0.1, 0.15) is 17.7 Å². The standard InChI is InChI=1S/C12H15ClN2O5S/c13-9-3-1-7(21-9)5-6-14-12(20)15-8(11(18)19)2-4-10(16)17/h1,3,8H,2,4-6H2,(H,16,17)(H,18,19)(H2,14,15,20). The van der Waals surface area contributed by atoms with Crippen molar-refractivity contribution in [3.8, 4) is 0 Å². The van der Waals surface area contributed by atoms with Gasteiger partial charge in [0.05, 0.1) is 4.34 Å². The largest absolute Gasteiger partial charge is 0.481 e. The predicted octanol–water partition coefficient (Wildman–Crippen LogP) is 1.56. The first-order valence-corrected chi connectivity index (χ1v) is 7.31. The van der Waals surface area contributed by atoms with Crippen molar-refractivity contribution in [1.29, 1.82) is 0 Å². The fourth-order valence-corrected chi connectivity index (χ4v) is 2.61. The van der Waals surface area contributed by atoms with Crippen molar-refractivity contribution in [2.75, 3.05) is 6.54 Å². The highest BCUT2D eigenvalue weighted by Gasteiger charge is 2.20. The summed E-state index contributed by atoms with van der Waals surface area (Å²) in [7, 11) is 0. The number of amides is 2. The zero-order chi connectivity index (χ0) is 15.8. The maximum absolute atomic E-state index is 11.5. The summed E-state index contributed by atoms with van der Waals surface area (Å²) in [5.41, 5.74) is 0. The average Bonchev–Trinajstić information content (AvgIpc) is 2.79. The molecule has 21 heavy (non-hydrogen) atoms. The molecule has 0 aliphatic carbocycles. The summed E-state index contributed by atoms with van der Waals surface area (Å²) in [5, 5.41) is 22.2. The molecule has 116 valence electrons. The molecule has 0 fully saturated rings. The van der Waals surface area contributed by atoms with E-state index < -0.39 is 24.0 Å². The lowest BCUT2D eigenvalue weighted by atomic mass is 10.1. The van der Waals surface area contributed by atoms with Gasteiger partial charge in [-0.3, -0.25) is 4.79 Å². The molecule has 7 nitrogen and oxygen atoms in total. The number of carboxylic acid groups (broad SMARTS) is 2. The third-order valence-corrected chi connectivity index (χ3v) is 3.83. The number of carbonyl (C=O) groups excluding carboxylic acids is 1. The molecule has 0 bridgehead atoms. The Kier molecular flexibility index (Phi) is 6.97. The molecular weight excluding hydrogens is 320 g/mol. The van der Waals surface area contributed by atoms with Crippen LogP contribution in [-0.2, 0) is 16.0 Å². The van der Waals surface area contributed by atoms with Crippen LogP contribution in [0, 0.1) is 0 Å². The highest BCUT2D eigenvalue weighted by Crippen LogP contribution is 2.21. The van der Waals surface area contributed by atoms with Gasteiger partial charge in [0.15, 0.2) is 0 Å². The summed E-state index contributed by atoms with van der Waals surface area (Å²) in [6.07, 6.45) is 0.0846. The molecule has 9 heteroatoms. The maximum atomic E-state index is 11.5. The number of nitrogens with one attached hydrogen (secondary N) is 2. The number of aliphatic carboxylic acids is 2. The van der Waals surface area contributed by atoms with Crippen molar-refractivity contribution >= 4 is 40.9 Å². The highest BCUT2D eigenvalue weighted by atomic mass is 35.5. The Morgan fingerprint density at radius 1 is 1.29 bits per heavy atom. The van der Waals surface area contributed by atoms with Crippen molar-refractivity contribution < 1.29 is 24.6 Å². The van der Waals surface area contributed by atoms with Crippen molar-refractivity contribution in [3.63, 3.8) is 0 Å². The number of carbonyl (C=O) groups is 3. The quantitative estimate of drug-likeness (QED) is 0.576. The van der Waals surface area contributed by atoms with E-state index in [4.69, 9.17) is 21.8 Å². The van der Waals surface area contributed by atoms with Crippen molar-refractivity contribution in [2.24, 2.45) is 0 Å². The minimum Gasteiger partial charge on any atom is -0.481 e. The van der Waals surface area contributed by atoms with Gasteiger partial charge in [-0.15, -0.1) is 11.3 Å². The summed E-state index contributed by atoms with van der Waals surface area (Å²) >= 11 is 7.18. The van der Waals surface area contributed by atoms with Gasteiger partial charge < -0.3 is 20.8 Å². The van der Waals surface area contributed by atoms with E-state index in [0.717, 1.165) is 4.88 Å². The molecule has 0 radical (unpaired) electrons. The summed E-state index contributed by atoms with van der Waals surface area (Å²) in [6.45, 7) is 0.327. The Hall–Kier alpha value is -1.80. The van der Waals surface area contributed by atoms with Gasteiger partial charge >= 0.3 is 18.0 Å². The second-order valence-electron chi connectivity index (χ2n) is 4.18. The molecule has 0 saturated heterocycles. The van der Waals surface area contributed by atoms with Crippen LogP contribution in [0.4, 0.5) is 4.79 Å². The Labute approximate surface area is 129 Å². The molecule has 0 saturated carbocycles. The van der Waals surface area contributed by atoms with Crippen LogP contribution < -0.4 is 10.6 Å². The molecule has 1 heterocycles. The van der Waals surface area contributed by atoms with Gasteiger partial charge in [0.25, 0.3) is 0 Å². The van der Waals surface area contributed by atoms with Crippen LogP contribution in [-0.4, -0.2) is 40.8 Å². The van der Waals surface area contributed by atoms with Crippen LogP contribution in [0.2, 0.25) is 4.34 Å². The number of hydrogen-bond acceptors (Lipinski definition) is 4. The normalized spacial score (nSPS) is 11.7. The third kappa shape index (κ3) is 6.96. The third-order valence-electron chi connectivity index (χ3n) is 2.54. The molecule has 0 aromatic carbocycles. The number of urea groups is 1. The second kappa shape index (κ2) is 8.48. The molecule has 0 aliphatic rings. The summed E-state index contributed by atoms with van der Waals surface area (Å²) in [4.78, 5) is 33.9. The SMILES string of the molecule is O=C(O)CCC(NC(=O)NCCc1ccc(Cl)s1)C(=O)O. The molecule has 1 aromatic heterocycles. The van der Waals surface area contributed by atoms with E-state index in [2.05, 4.69) is 10.6 Å². The maximum Gasteiger partial charge on any atom is 0.326 e. The fourth-order valence-electron chi connectivity index (χ4n) is 1.52. The number of thiophene rings is 1. The Balaban J connectivity index is 2.32. The van der Waals surface area contributed by atoms with Gasteiger partial charge in [-0.1, -0.05) is 11.6 Å². The van der Waals surface area contributed by atoms with E-state index in [1.807, 2.05) is 6.07 Å². The first-order valence-electron chi connectivity index (χ1n) is 6.11. The number of halogens is 1. The van der Waals surface area contributed by atoms with Gasteiger partial charge in [0, 0.05) is 17.8 Å². The van der Waals surface area contributed by atoms with Gasteiger partial charge in [-0.2, -0.15) is 0 Å². The summed E-state index contributed by atoms with van der Waals surface area (Å²) in [6, 6.07) is 1.74. The Morgan fingerprint density at radius 2 is 2.00 bits per heavy atom. The van der Waals surface area contributed by atoms with Crippen LogP contribution in [0.5, 0.6) is 0 Å². The zero-order valence-electron chi connectivity index (χ0n) is 11.0.